The Morgan fingerprint density at radius 3 is 2.76 bits per heavy atom. The molecule has 21 heavy (non-hydrogen) atoms. The zero-order valence-electron chi connectivity index (χ0n) is 13.1. The summed E-state index contributed by atoms with van der Waals surface area (Å²) in [6.45, 7) is 4.97. The van der Waals surface area contributed by atoms with E-state index in [4.69, 9.17) is 22.1 Å². The fraction of sp³-hybridized carbons (Fsp3) is 0.647. The van der Waals surface area contributed by atoms with Gasteiger partial charge in [0.15, 0.2) is 0 Å². The average molecular weight is 311 g/mol. The van der Waals surface area contributed by atoms with Gasteiger partial charge in [-0.1, -0.05) is 24.6 Å². The number of ether oxygens (including phenoxy) is 1. The molecule has 0 spiro atoms. The highest BCUT2D eigenvalue weighted by molar-refractivity contribution is 6.30. The van der Waals surface area contributed by atoms with Gasteiger partial charge in [-0.3, -0.25) is 0 Å². The molecule has 1 aliphatic rings. The molecule has 1 atom stereocenters. The molecule has 1 saturated heterocycles. The Bertz CT molecular complexity index is 446. The number of nitrogens with two attached hydrogens (primary N) is 1. The highest BCUT2D eigenvalue weighted by Crippen LogP contribution is 2.27. The molecular formula is C17H27ClN2O. The van der Waals surface area contributed by atoms with Gasteiger partial charge in [0, 0.05) is 43.6 Å². The van der Waals surface area contributed by atoms with Crippen molar-refractivity contribution >= 4 is 17.3 Å². The minimum Gasteiger partial charge on any atom is -0.381 e. The molecule has 118 valence electrons. The van der Waals surface area contributed by atoms with Crippen molar-refractivity contribution in [2.75, 3.05) is 31.7 Å². The van der Waals surface area contributed by atoms with E-state index in [9.17, 15) is 0 Å². The maximum Gasteiger partial charge on any atom is 0.0469 e. The van der Waals surface area contributed by atoms with Gasteiger partial charge >= 0.3 is 0 Å². The maximum absolute atomic E-state index is 6.20. The lowest BCUT2D eigenvalue weighted by molar-refractivity contribution is 0.0685. The van der Waals surface area contributed by atoms with Crippen LogP contribution < -0.4 is 10.6 Å². The lowest BCUT2D eigenvalue weighted by Gasteiger charge is -2.30. The van der Waals surface area contributed by atoms with Crippen LogP contribution in [0.3, 0.4) is 0 Å². The van der Waals surface area contributed by atoms with Gasteiger partial charge in [0.1, 0.15) is 0 Å². The average Bonchev–Trinajstić information content (AvgIpc) is 2.49. The topological polar surface area (TPSA) is 38.5 Å². The maximum atomic E-state index is 6.20. The highest BCUT2D eigenvalue weighted by atomic mass is 35.5. The van der Waals surface area contributed by atoms with Crippen LogP contribution in [0.25, 0.3) is 0 Å². The third kappa shape index (κ3) is 4.87. The van der Waals surface area contributed by atoms with Gasteiger partial charge in [-0.25, -0.2) is 0 Å². The van der Waals surface area contributed by atoms with Crippen molar-refractivity contribution in [1.82, 2.24) is 0 Å². The fourth-order valence-corrected chi connectivity index (χ4v) is 3.07. The molecule has 0 aliphatic carbocycles. The zero-order valence-corrected chi connectivity index (χ0v) is 13.9. The summed E-state index contributed by atoms with van der Waals surface area (Å²) in [6, 6.07) is 6.36. The first kappa shape index (κ1) is 16.6. The lowest BCUT2D eigenvalue weighted by atomic mass is 9.98. The molecule has 0 saturated carbocycles. The Balaban J connectivity index is 2.09. The summed E-state index contributed by atoms with van der Waals surface area (Å²) >= 11 is 6.20. The second kappa shape index (κ2) is 8.02. The quantitative estimate of drug-likeness (QED) is 0.874. The number of hydrogen-bond acceptors (Lipinski definition) is 3. The predicted molar refractivity (Wildman–Crippen MR) is 90.2 cm³/mol. The van der Waals surface area contributed by atoms with E-state index in [0.717, 1.165) is 50.5 Å². The van der Waals surface area contributed by atoms with E-state index in [2.05, 4.69) is 31.0 Å². The molecule has 1 heterocycles. The molecule has 1 fully saturated rings. The van der Waals surface area contributed by atoms with Crippen molar-refractivity contribution in [2.45, 2.75) is 38.6 Å². The minimum absolute atomic E-state index is 0.210. The van der Waals surface area contributed by atoms with E-state index in [1.54, 1.807) is 0 Å². The van der Waals surface area contributed by atoms with Gasteiger partial charge < -0.3 is 15.4 Å². The fourth-order valence-electron chi connectivity index (χ4n) is 2.91. The Hall–Kier alpha value is -0.770. The Morgan fingerprint density at radius 1 is 1.38 bits per heavy atom. The van der Waals surface area contributed by atoms with Crippen molar-refractivity contribution in [2.24, 2.45) is 11.7 Å². The first-order chi connectivity index (χ1) is 10.1. The van der Waals surface area contributed by atoms with E-state index < -0.39 is 0 Å². The summed E-state index contributed by atoms with van der Waals surface area (Å²) in [7, 11) is 2.15. The van der Waals surface area contributed by atoms with Crippen LogP contribution in [-0.2, 0) is 11.2 Å². The zero-order chi connectivity index (χ0) is 15.2. The Morgan fingerprint density at radius 2 is 2.10 bits per heavy atom. The van der Waals surface area contributed by atoms with Crippen molar-refractivity contribution in [1.29, 1.82) is 0 Å². The smallest absolute Gasteiger partial charge is 0.0469 e. The highest BCUT2D eigenvalue weighted by Gasteiger charge is 2.18. The molecule has 1 unspecified atom stereocenters. The Kier molecular flexibility index (Phi) is 6.34. The minimum atomic E-state index is 0.210. The van der Waals surface area contributed by atoms with Gasteiger partial charge in [-0.2, -0.15) is 0 Å². The Labute approximate surface area is 133 Å². The SMILES string of the molecule is CCC(N)Cc1ccc(Cl)cc1N(C)CC1CCOCC1. The summed E-state index contributed by atoms with van der Waals surface area (Å²) in [5, 5.41) is 0.789. The van der Waals surface area contributed by atoms with E-state index in [0.29, 0.717) is 5.92 Å². The van der Waals surface area contributed by atoms with Crippen LogP contribution in [0.1, 0.15) is 31.7 Å². The third-order valence-electron chi connectivity index (χ3n) is 4.34. The second-order valence-electron chi connectivity index (χ2n) is 6.08. The van der Waals surface area contributed by atoms with Crippen LogP contribution >= 0.6 is 11.6 Å². The van der Waals surface area contributed by atoms with Crippen LogP contribution in [0, 0.1) is 5.92 Å². The van der Waals surface area contributed by atoms with Crippen molar-refractivity contribution < 1.29 is 4.74 Å². The van der Waals surface area contributed by atoms with Gasteiger partial charge in [-0.15, -0.1) is 0 Å². The molecule has 2 N–H and O–H groups in total. The van der Waals surface area contributed by atoms with Crippen molar-refractivity contribution in [3.05, 3.63) is 28.8 Å². The van der Waals surface area contributed by atoms with Gasteiger partial charge in [0.05, 0.1) is 0 Å². The number of anilines is 1. The second-order valence-corrected chi connectivity index (χ2v) is 6.52. The lowest BCUT2D eigenvalue weighted by Crippen LogP contribution is -2.31. The number of rotatable bonds is 6. The van der Waals surface area contributed by atoms with Crippen LogP contribution in [-0.4, -0.2) is 32.8 Å². The van der Waals surface area contributed by atoms with Crippen LogP contribution in [0.4, 0.5) is 5.69 Å². The molecule has 0 radical (unpaired) electrons. The summed E-state index contributed by atoms with van der Waals surface area (Å²) in [6.07, 6.45) is 4.19. The molecule has 0 aromatic heterocycles. The first-order valence-corrected chi connectivity index (χ1v) is 8.30. The molecule has 0 bridgehead atoms. The number of hydrogen-bond donors (Lipinski definition) is 1. The summed E-state index contributed by atoms with van der Waals surface area (Å²) < 4.78 is 5.44. The van der Waals surface area contributed by atoms with Crippen LogP contribution in [0.15, 0.2) is 18.2 Å². The number of benzene rings is 1. The predicted octanol–water partition coefficient (Wildman–Crippen LogP) is 3.48. The van der Waals surface area contributed by atoms with Crippen molar-refractivity contribution in [3.8, 4) is 0 Å². The molecule has 1 aromatic rings. The largest absolute Gasteiger partial charge is 0.381 e. The number of nitrogens with zero attached hydrogens (tertiary/aromatic N) is 1. The summed E-state index contributed by atoms with van der Waals surface area (Å²) in [4.78, 5) is 2.33. The third-order valence-corrected chi connectivity index (χ3v) is 4.57. The van der Waals surface area contributed by atoms with Gasteiger partial charge in [0.25, 0.3) is 0 Å². The number of halogens is 1. The van der Waals surface area contributed by atoms with Gasteiger partial charge in [-0.05, 0) is 49.3 Å². The van der Waals surface area contributed by atoms with E-state index in [-0.39, 0.29) is 6.04 Å². The molecule has 0 amide bonds. The summed E-state index contributed by atoms with van der Waals surface area (Å²) in [5.74, 6) is 0.704. The van der Waals surface area contributed by atoms with E-state index in [1.807, 2.05) is 6.07 Å². The molecule has 1 aromatic carbocycles. The molecule has 1 aliphatic heterocycles. The van der Waals surface area contributed by atoms with Crippen LogP contribution in [0.5, 0.6) is 0 Å². The monoisotopic (exact) mass is 310 g/mol. The molecule has 2 rings (SSSR count). The van der Waals surface area contributed by atoms with E-state index >= 15 is 0 Å². The first-order valence-electron chi connectivity index (χ1n) is 7.93. The van der Waals surface area contributed by atoms with Crippen LogP contribution in [0.2, 0.25) is 5.02 Å². The molecule has 3 nitrogen and oxygen atoms in total. The molecular weight excluding hydrogens is 284 g/mol. The molecule has 4 heteroatoms. The summed E-state index contributed by atoms with van der Waals surface area (Å²) in [5.41, 5.74) is 8.64. The normalized spacial score (nSPS) is 17.7. The van der Waals surface area contributed by atoms with E-state index in [1.165, 1.54) is 11.3 Å². The standard InChI is InChI=1S/C17H27ClN2O/c1-3-16(19)10-14-4-5-15(18)11-17(14)20(2)12-13-6-8-21-9-7-13/h4-5,11,13,16H,3,6-10,12,19H2,1-2H3. The van der Waals surface area contributed by atoms with Gasteiger partial charge in [0.2, 0.25) is 0 Å². The van der Waals surface area contributed by atoms with Crippen molar-refractivity contribution in [3.63, 3.8) is 0 Å².